The molecule has 25 heavy (non-hydrogen) atoms. The van der Waals surface area contributed by atoms with Crippen LogP contribution in [0.2, 0.25) is 0 Å². The number of rotatable bonds is 6. The molecule has 3 rings (SSSR count). The Kier molecular flexibility index (Phi) is 5.47. The van der Waals surface area contributed by atoms with Gasteiger partial charge in [-0.15, -0.1) is 0 Å². The second kappa shape index (κ2) is 7.96. The van der Waals surface area contributed by atoms with E-state index in [4.69, 9.17) is 20.4 Å². The van der Waals surface area contributed by atoms with Gasteiger partial charge >= 0.3 is 0 Å². The number of ether oxygens (including phenoxy) is 2. The number of oxime groups is 1. The summed E-state index contributed by atoms with van der Waals surface area (Å²) in [7, 11) is 0. The molecule has 7 heteroatoms. The van der Waals surface area contributed by atoms with Crippen LogP contribution in [0.15, 0.2) is 41.6 Å². The van der Waals surface area contributed by atoms with Gasteiger partial charge in [-0.25, -0.2) is 0 Å². The molecule has 0 bridgehead atoms. The lowest BCUT2D eigenvalue weighted by molar-refractivity contribution is -0.112. The average molecular weight is 343 g/mol. The summed E-state index contributed by atoms with van der Waals surface area (Å²) in [6.07, 6.45) is 0. The van der Waals surface area contributed by atoms with Crippen molar-refractivity contribution in [3.8, 4) is 5.75 Å². The molecule has 3 N–H and O–H groups in total. The molecule has 0 aromatic heterocycles. The van der Waals surface area contributed by atoms with Gasteiger partial charge in [0.2, 0.25) is 0 Å². The quantitative estimate of drug-likeness (QED) is 0.467. The Bertz CT molecular complexity index is 785. The van der Waals surface area contributed by atoms with Crippen molar-refractivity contribution in [1.82, 2.24) is 4.90 Å². The molecule has 0 atom stereocenters. The van der Waals surface area contributed by atoms with E-state index in [0.29, 0.717) is 12.2 Å². The summed E-state index contributed by atoms with van der Waals surface area (Å²) in [5, 5.41) is 13.7. The van der Waals surface area contributed by atoms with Gasteiger partial charge in [0.1, 0.15) is 12.4 Å². The van der Waals surface area contributed by atoms with Gasteiger partial charge in [0.15, 0.2) is 5.71 Å². The van der Waals surface area contributed by atoms with Crippen molar-refractivity contribution in [2.24, 2.45) is 10.9 Å². The summed E-state index contributed by atoms with van der Waals surface area (Å²) in [6, 6.07) is 10.9. The smallest absolute Gasteiger partial charge is 0.271 e. The Morgan fingerprint density at radius 3 is 2.60 bits per heavy atom. The molecule has 132 valence electrons. The summed E-state index contributed by atoms with van der Waals surface area (Å²) >= 11 is 0. The molecule has 0 spiro atoms. The average Bonchev–Trinajstić information content (AvgIpc) is 2.64. The number of carbonyl (C=O) groups is 1. The SMILES string of the molecule is NC(=O)C(=NO)c1ccc(OCCN2CCOCC2)c2ccccc12. The number of morpholine rings is 1. The Balaban J connectivity index is 1.81. The van der Waals surface area contributed by atoms with Crippen LogP contribution >= 0.6 is 0 Å². The lowest BCUT2D eigenvalue weighted by Gasteiger charge is -2.26. The highest BCUT2D eigenvalue weighted by molar-refractivity contribution is 6.46. The number of hydrogen-bond acceptors (Lipinski definition) is 6. The monoisotopic (exact) mass is 343 g/mol. The molecule has 1 aliphatic rings. The Morgan fingerprint density at radius 2 is 1.92 bits per heavy atom. The summed E-state index contributed by atoms with van der Waals surface area (Å²) in [5.41, 5.74) is 5.60. The largest absolute Gasteiger partial charge is 0.492 e. The second-order valence-electron chi connectivity index (χ2n) is 5.77. The highest BCUT2D eigenvalue weighted by atomic mass is 16.5. The van der Waals surface area contributed by atoms with Gasteiger partial charge < -0.3 is 20.4 Å². The number of fused-ring (bicyclic) bond motifs is 1. The van der Waals surface area contributed by atoms with Crippen LogP contribution in [0.3, 0.4) is 0 Å². The Hall–Kier alpha value is -2.64. The first-order valence-electron chi connectivity index (χ1n) is 8.17. The zero-order chi connectivity index (χ0) is 17.6. The van der Waals surface area contributed by atoms with E-state index in [2.05, 4.69) is 10.1 Å². The van der Waals surface area contributed by atoms with E-state index in [1.54, 1.807) is 12.1 Å². The van der Waals surface area contributed by atoms with Gasteiger partial charge in [0.05, 0.1) is 13.2 Å². The normalized spacial score (nSPS) is 16.1. The summed E-state index contributed by atoms with van der Waals surface area (Å²) < 4.78 is 11.3. The molecule has 2 aromatic rings. The first-order valence-corrected chi connectivity index (χ1v) is 8.17. The van der Waals surface area contributed by atoms with Crippen LogP contribution in [0, 0.1) is 0 Å². The van der Waals surface area contributed by atoms with E-state index in [1.165, 1.54) is 0 Å². The van der Waals surface area contributed by atoms with Crippen molar-refractivity contribution in [3.63, 3.8) is 0 Å². The van der Waals surface area contributed by atoms with Gasteiger partial charge in [-0.3, -0.25) is 9.69 Å². The summed E-state index contributed by atoms with van der Waals surface area (Å²) in [5.74, 6) is -0.0667. The fraction of sp³-hybridized carbons (Fsp3) is 0.333. The highest BCUT2D eigenvalue weighted by Gasteiger charge is 2.16. The Labute approximate surface area is 145 Å². The number of hydrogen-bond donors (Lipinski definition) is 2. The van der Waals surface area contributed by atoms with Gasteiger partial charge in [0, 0.05) is 30.6 Å². The minimum atomic E-state index is -0.784. The zero-order valence-electron chi connectivity index (χ0n) is 13.9. The fourth-order valence-electron chi connectivity index (χ4n) is 2.95. The van der Waals surface area contributed by atoms with Crippen molar-refractivity contribution in [2.75, 3.05) is 39.5 Å². The lowest BCUT2D eigenvalue weighted by atomic mass is 10.00. The van der Waals surface area contributed by atoms with Gasteiger partial charge in [-0.2, -0.15) is 0 Å². The first-order chi connectivity index (χ1) is 12.2. The molecule has 0 unspecified atom stereocenters. The third-order valence-electron chi connectivity index (χ3n) is 4.24. The van der Waals surface area contributed by atoms with Gasteiger partial charge in [0.25, 0.3) is 5.91 Å². The maximum absolute atomic E-state index is 11.5. The summed E-state index contributed by atoms with van der Waals surface area (Å²) in [4.78, 5) is 13.8. The van der Waals surface area contributed by atoms with Crippen LogP contribution in [-0.2, 0) is 9.53 Å². The fourth-order valence-corrected chi connectivity index (χ4v) is 2.95. The minimum Gasteiger partial charge on any atom is -0.492 e. The predicted octanol–water partition coefficient (Wildman–Crippen LogP) is 1.21. The van der Waals surface area contributed by atoms with Gasteiger partial charge in [-0.1, -0.05) is 29.4 Å². The molecule has 1 fully saturated rings. The molecule has 0 aliphatic carbocycles. The number of carbonyl (C=O) groups excluding carboxylic acids is 1. The molecule has 0 saturated carbocycles. The molecular weight excluding hydrogens is 322 g/mol. The standard InChI is InChI=1S/C18H21N3O4/c19-18(22)17(20-23)15-5-6-16(14-4-2-1-3-13(14)15)25-12-9-21-7-10-24-11-8-21/h1-6,23H,7-12H2,(H2,19,22). The lowest BCUT2D eigenvalue weighted by Crippen LogP contribution is -2.38. The first kappa shape index (κ1) is 17.2. The third-order valence-corrected chi connectivity index (χ3v) is 4.24. The molecular formula is C18H21N3O4. The topological polar surface area (TPSA) is 97.4 Å². The van der Waals surface area contributed by atoms with E-state index in [0.717, 1.165) is 49.4 Å². The molecule has 1 saturated heterocycles. The number of nitrogens with two attached hydrogens (primary N) is 1. The van der Waals surface area contributed by atoms with E-state index in [9.17, 15) is 4.79 Å². The van der Waals surface area contributed by atoms with Crippen LogP contribution < -0.4 is 10.5 Å². The van der Waals surface area contributed by atoms with Gasteiger partial charge in [-0.05, 0) is 17.5 Å². The highest BCUT2D eigenvalue weighted by Crippen LogP contribution is 2.29. The molecule has 7 nitrogen and oxygen atoms in total. The van der Waals surface area contributed by atoms with Crippen LogP contribution in [0.25, 0.3) is 10.8 Å². The predicted molar refractivity (Wildman–Crippen MR) is 94.2 cm³/mol. The van der Waals surface area contributed by atoms with E-state index < -0.39 is 5.91 Å². The van der Waals surface area contributed by atoms with Crippen LogP contribution in [-0.4, -0.2) is 61.2 Å². The van der Waals surface area contributed by atoms with Crippen LogP contribution in [0.4, 0.5) is 0 Å². The molecule has 1 amide bonds. The van der Waals surface area contributed by atoms with E-state index in [-0.39, 0.29) is 5.71 Å². The molecule has 0 radical (unpaired) electrons. The molecule has 1 heterocycles. The van der Waals surface area contributed by atoms with E-state index in [1.807, 2.05) is 24.3 Å². The number of primary amides is 1. The zero-order valence-corrected chi connectivity index (χ0v) is 13.9. The molecule has 2 aromatic carbocycles. The summed E-state index contributed by atoms with van der Waals surface area (Å²) in [6.45, 7) is 4.72. The van der Waals surface area contributed by atoms with Crippen molar-refractivity contribution in [1.29, 1.82) is 0 Å². The maximum atomic E-state index is 11.5. The third kappa shape index (κ3) is 3.89. The van der Waals surface area contributed by atoms with Crippen molar-refractivity contribution >= 4 is 22.4 Å². The van der Waals surface area contributed by atoms with Crippen molar-refractivity contribution in [3.05, 3.63) is 42.0 Å². The van der Waals surface area contributed by atoms with Crippen LogP contribution in [0.5, 0.6) is 5.75 Å². The van der Waals surface area contributed by atoms with Crippen LogP contribution in [0.1, 0.15) is 5.56 Å². The second-order valence-corrected chi connectivity index (χ2v) is 5.77. The Morgan fingerprint density at radius 1 is 1.20 bits per heavy atom. The van der Waals surface area contributed by atoms with Crippen molar-refractivity contribution in [2.45, 2.75) is 0 Å². The van der Waals surface area contributed by atoms with E-state index >= 15 is 0 Å². The minimum absolute atomic E-state index is 0.170. The maximum Gasteiger partial charge on any atom is 0.271 e. The number of amides is 1. The number of nitrogens with zero attached hydrogens (tertiary/aromatic N) is 2. The number of benzene rings is 2. The molecule has 1 aliphatic heterocycles. The van der Waals surface area contributed by atoms with Crippen molar-refractivity contribution < 1.29 is 19.5 Å².